The Kier molecular flexibility index (Phi) is 42.0. The van der Waals surface area contributed by atoms with E-state index in [1.807, 2.05) is 145 Å². The molecule has 0 spiro atoms. The predicted octanol–water partition coefficient (Wildman–Crippen LogP) is 25.2. The molecule has 0 N–H and O–H groups in total. The Labute approximate surface area is 636 Å². The minimum Gasteiger partial charge on any atom is -0.288 e. The van der Waals surface area contributed by atoms with Gasteiger partial charge in [0, 0.05) is 84.1 Å². The minimum absolute atomic E-state index is 0.822. The normalized spacial score (nSPS) is 14.9. The quantitative estimate of drug-likeness (QED) is 0.136. The van der Waals surface area contributed by atoms with Gasteiger partial charge in [0.1, 0.15) is 12.2 Å². The van der Waals surface area contributed by atoms with Crippen LogP contribution in [0.4, 0.5) is 0 Å². The van der Waals surface area contributed by atoms with Crippen molar-refractivity contribution in [1.82, 2.24) is 44.9 Å². The van der Waals surface area contributed by atoms with E-state index >= 15 is 0 Å². The summed E-state index contributed by atoms with van der Waals surface area (Å²) in [4.78, 5) is 40.8. The van der Waals surface area contributed by atoms with Crippen LogP contribution in [0.25, 0.3) is 16.3 Å². The first-order chi connectivity index (χ1) is 50.3. The van der Waals surface area contributed by atoms with Crippen LogP contribution in [0.1, 0.15) is 180 Å². The molecule has 4 fully saturated rings. The van der Waals surface area contributed by atoms with E-state index in [-0.39, 0.29) is 0 Å². The van der Waals surface area contributed by atoms with E-state index in [0.29, 0.717) is 0 Å². The fraction of sp³-hybridized carbons (Fsp3) is 0.341. The highest BCUT2D eigenvalue weighted by Gasteiger charge is 2.52. The fourth-order valence-electron chi connectivity index (χ4n) is 11.1. The molecule has 2 bridgehead atoms. The molecule has 9 heterocycles. The van der Waals surface area contributed by atoms with Crippen LogP contribution in [0, 0.1) is 93.4 Å². The van der Waals surface area contributed by atoms with Crippen LogP contribution in [-0.2, 0) is 13.0 Å². The highest BCUT2D eigenvalue weighted by molar-refractivity contribution is 7.18. The molecule has 0 atom stereocenters. The lowest BCUT2D eigenvalue weighted by atomic mass is 9.46. The Bertz CT molecular complexity index is 3760. The number of aryl methyl sites for hydroxylation is 11. The number of aromatic nitrogens is 9. The van der Waals surface area contributed by atoms with Gasteiger partial charge in [-0.05, 0) is 251 Å². The monoisotopic (exact) mass is 1440 g/mol. The molecule has 10 nitrogen and oxygen atoms in total. The molecule has 546 valence electrons. The van der Waals surface area contributed by atoms with Crippen LogP contribution in [-0.4, -0.2) is 51.1 Å². The second-order valence-corrected chi connectivity index (χ2v) is 30.7. The minimum atomic E-state index is 0.822. The summed E-state index contributed by atoms with van der Waals surface area (Å²) in [5.41, 5.74) is 17.7. The van der Waals surface area contributed by atoms with Gasteiger partial charge in [-0.2, -0.15) is 0 Å². The maximum Gasteiger partial charge on any atom is 0.125 e. The molecule has 0 saturated heterocycles. The highest BCUT2D eigenvalue weighted by atomic mass is 32.1. The number of thiazole rings is 2. The van der Waals surface area contributed by atoms with E-state index in [4.69, 9.17) is 0 Å². The lowest BCUT2D eigenvalue weighted by molar-refractivity contribution is -0.0882. The van der Waals surface area contributed by atoms with Crippen molar-refractivity contribution in [2.45, 2.75) is 187 Å². The highest BCUT2D eigenvalue weighted by Crippen LogP contribution is 2.63. The Balaban J connectivity index is 0.000000202. The number of thiophene rings is 1. The SMILES string of the molecule is CC12CC(C1)C2.CC1=CCCCC1.CC1CCCCC1.Cc1ccc2c(c1)CC=C2.Cc1ccc2c(c1)CN=C2.Cc1ccccc1.Cc1ccccn1.Cc1cccnc1.Cc1cccs1.Cc1ccncc1.Cc1cncnc1.Cc1nc2ccccc2s1.Cc1ncccn1.Cc1nccs1. The maximum absolute atomic E-state index is 4.33. The van der Waals surface area contributed by atoms with Crippen molar-refractivity contribution in [2.75, 3.05) is 0 Å². The molecule has 7 aliphatic rings. The van der Waals surface area contributed by atoms with Gasteiger partial charge in [0.25, 0.3) is 0 Å². The molecule has 104 heavy (non-hydrogen) atoms. The van der Waals surface area contributed by atoms with Crippen LogP contribution in [0.5, 0.6) is 0 Å². The number of nitrogens with zero attached hydrogens (tertiary/aromatic N) is 10. The number of pyridine rings is 3. The number of aliphatic imine (C=N–C) groups is 1. The summed E-state index contributed by atoms with van der Waals surface area (Å²) < 4.78 is 1.28. The van der Waals surface area contributed by atoms with Crippen molar-refractivity contribution < 1.29 is 0 Å². The van der Waals surface area contributed by atoms with Gasteiger partial charge in [0.2, 0.25) is 0 Å². The molecule has 8 aromatic heterocycles. The van der Waals surface area contributed by atoms with Crippen LogP contribution in [0.3, 0.4) is 0 Å². The number of para-hydroxylation sites is 1. The summed E-state index contributed by atoms with van der Waals surface area (Å²) in [5.74, 6) is 3.03. The van der Waals surface area contributed by atoms with Crippen molar-refractivity contribution in [2.24, 2.45) is 22.2 Å². The lowest BCUT2D eigenvalue weighted by Crippen LogP contribution is -2.48. The summed E-state index contributed by atoms with van der Waals surface area (Å²) in [7, 11) is 0. The summed E-state index contributed by atoms with van der Waals surface area (Å²) in [5, 5.41) is 6.32. The second-order valence-electron chi connectivity index (χ2n) is 27.2. The van der Waals surface area contributed by atoms with Gasteiger partial charge in [0.15, 0.2) is 0 Å². The van der Waals surface area contributed by atoms with E-state index < -0.39 is 0 Å². The molecule has 6 aliphatic carbocycles. The number of allylic oxidation sites excluding steroid dienone is 3. The average molecular weight is 1440 g/mol. The zero-order chi connectivity index (χ0) is 74.8. The molecule has 12 aromatic rings. The first-order valence-electron chi connectivity index (χ1n) is 36.6. The van der Waals surface area contributed by atoms with Gasteiger partial charge < -0.3 is 0 Å². The van der Waals surface area contributed by atoms with Crippen LogP contribution in [0.15, 0.2) is 253 Å². The van der Waals surface area contributed by atoms with Crippen LogP contribution in [0.2, 0.25) is 0 Å². The van der Waals surface area contributed by atoms with E-state index in [2.05, 4.69) is 189 Å². The Hall–Kier alpha value is -9.14. The van der Waals surface area contributed by atoms with E-state index in [0.717, 1.165) is 56.9 Å². The first kappa shape index (κ1) is 85.5. The molecule has 4 saturated carbocycles. The zero-order valence-corrected chi connectivity index (χ0v) is 66.9. The molecular weight excluding hydrogens is 1330 g/mol. The summed E-state index contributed by atoms with van der Waals surface area (Å²) in [6.45, 7) is 30.2. The standard InChI is InChI=1S/C10H10.C9H9N.C8H7NS.C7H14.C7H12.C7H8.3C6H7N.C6H10.2C5H6N2.C5H6S.C4H5NS/c1-8-5-6-9-3-2-4-10(9)7-8;1-7-2-3-8-5-10-6-9(8)4-7;1-6-9-7-4-2-3-5-8(7)10-6;3*1-7-5-3-2-4-6-7;1-6-2-4-7-5-3-6;1-6-3-2-4-7-5-6;1-6-4-2-3-5-7-6;1-6-2-5(3-6)4-6;1-5-2-6-4-7-3-5;1-5-6-3-2-4-7-5;1-5-3-2-4-6-5;1-4-5-2-3-6-4/h2-3,5-7H,4H2,1H3;2-5H,6H2,1H3;2-5H,1H3;7H,2-6H2,1H3;5H,2-4,6H2,1H3;2-6H,1H3;3*2-5H,1H3;5H,2-4H2,1H3;2*2-4H,1H3;2-4H,1H3;2-3H,1H3. The van der Waals surface area contributed by atoms with Crippen LogP contribution < -0.4 is 0 Å². The zero-order valence-electron chi connectivity index (χ0n) is 64.5. The molecule has 0 radical (unpaired) electrons. The van der Waals surface area contributed by atoms with Gasteiger partial charge in [0.05, 0.1) is 26.8 Å². The number of hydrogen-bond acceptors (Lipinski definition) is 13. The third-order valence-corrected chi connectivity index (χ3v) is 19.4. The molecule has 13 heteroatoms. The number of rotatable bonds is 0. The average Bonchev–Trinajstić information content (AvgIpc) is 0.995. The van der Waals surface area contributed by atoms with E-state index in [1.54, 1.807) is 121 Å². The third-order valence-electron chi connectivity index (χ3n) is 16.9. The largest absolute Gasteiger partial charge is 0.288 e. The summed E-state index contributed by atoms with van der Waals surface area (Å²) in [6.07, 6.45) is 46.7. The molecule has 0 amide bonds. The van der Waals surface area contributed by atoms with Gasteiger partial charge in [-0.15, -0.1) is 34.0 Å². The van der Waals surface area contributed by atoms with Gasteiger partial charge >= 0.3 is 0 Å². The Morgan fingerprint density at radius 3 is 1.50 bits per heavy atom. The number of benzene rings is 4. The van der Waals surface area contributed by atoms with Crippen molar-refractivity contribution >= 4 is 56.5 Å². The second kappa shape index (κ2) is 51.1. The van der Waals surface area contributed by atoms with E-state index in [1.165, 1.54) is 130 Å². The summed E-state index contributed by atoms with van der Waals surface area (Å²) in [6, 6.07) is 51.2. The topological polar surface area (TPSA) is 128 Å². The lowest BCUT2D eigenvalue weighted by Gasteiger charge is -2.60. The van der Waals surface area contributed by atoms with Crippen molar-refractivity contribution in [3.05, 3.63) is 330 Å². The molecule has 19 rings (SSSR count). The molecular formula is C91H114N10S3. The molecule has 4 aromatic carbocycles. The number of fused-ring (bicyclic) bond motifs is 3. The van der Waals surface area contributed by atoms with Crippen molar-refractivity contribution in [3.63, 3.8) is 0 Å². The smallest absolute Gasteiger partial charge is 0.125 e. The Morgan fingerprint density at radius 1 is 0.462 bits per heavy atom. The maximum atomic E-state index is 4.33. The van der Waals surface area contributed by atoms with Gasteiger partial charge in [-0.3, -0.25) is 24.9 Å². The summed E-state index contributed by atoms with van der Waals surface area (Å²) >= 11 is 5.19. The predicted molar refractivity (Wildman–Crippen MR) is 448 cm³/mol. The van der Waals surface area contributed by atoms with E-state index in [9.17, 15) is 0 Å². The van der Waals surface area contributed by atoms with Gasteiger partial charge in [-0.25, -0.2) is 24.9 Å². The fourth-order valence-corrected chi connectivity index (χ4v) is 12.9. The van der Waals surface area contributed by atoms with Crippen LogP contribution >= 0.6 is 34.0 Å². The molecule has 1 aliphatic heterocycles. The van der Waals surface area contributed by atoms with Gasteiger partial charge in [-0.1, -0.05) is 184 Å². The number of hydrogen-bond donors (Lipinski definition) is 0. The van der Waals surface area contributed by atoms with Crippen molar-refractivity contribution in [1.29, 1.82) is 0 Å². The third kappa shape index (κ3) is 39.5. The first-order valence-corrected chi connectivity index (χ1v) is 39.2. The molecule has 0 unspecified atom stereocenters. The van der Waals surface area contributed by atoms with Crippen molar-refractivity contribution in [3.8, 4) is 0 Å². The Morgan fingerprint density at radius 2 is 1.10 bits per heavy atom.